The van der Waals surface area contributed by atoms with Crippen molar-refractivity contribution in [2.24, 2.45) is 0 Å². The molecule has 0 aliphatic carbocycles. The molecule has 3 rings (SSSR count). The molecule has 0 amide bonds. The number of aromatic nitrogens is 3. The number of rotatable bonds is 6. The smallest absolute Gasteiger partial charge is 0.263 e. The summed E-state index contributed by atoms with van der Waals surface area (Å²) in [4.78, 5) is 4.61. The first-order chi connectivity index (χ1) is 11.5. The number of hydrogen-bond donors (Lipinski definition) is 1. The van der Waals surface area contributed by atoms with Crippen molar-refractivity contribution in [2.75, 3.05) is 18.1 Å². The van der Waals surface area contributed by atoms with Gasteiger partial charge in [0, 0.05) is 19.2 Å². The summed E-state index contributed by atoms with van der Waals surface area (Å²) >= 11 is 1.46. The van der Waals surface area contributed by atoms with Gasteiger partial charge in [0.15, 0.2) is 5.65 Å². The van der Waals surface area contributed by atoms with E-state index in [0.717, 1.165) is 5.03 Å². The van der Waals surface area contributed by atoms with Crippen molar-refractivity contribution in [3.63, 3.8) is 0 Å². The average molecular weight is 364 g/mol. The van der Waals surface area contributed by atoms with E-state index in [2.05, 4.69) is 14.8 Å². The summed E-state index contributed by atoms with van der Waals surface area (Å²) in [6.07, 6.45) is 1.89. The minimum Gasteiger partial charge on any atom is -0.378 e. The summed E-state index contributed by atoms with van der Waals surface area (Å²) in [6.45, 7) is 0.274. The molecule has 0 atom stereocenters. The first kappa shape index (κ1) is 16.7. The molecule has 7 nitrogen and oxygen atoms in total. The van der Waals surface area contributed by atoms with Crippen LogP contribution in [0.3, 0.4) is 0 Å². The Morgan fingerprint density at radius 2 is 2.00 bits per heavy atom. The summed E-state index contributed by atoms with van der Waals surface area (Å²) in [7, 11) is -2.16. The Labute approximate surface area is 144 Å². The van der Waals surface area contributed by atoms with Crippen molar-refractivity contribution < 1.29 is 13.2 Å². The zero-order chi connectivity index (χ0) is 17.2. The van der Waals surface area contributed by atoms with Crippen molar-refractivity contribution in [1.82, 2.24) is 14.6 Å². The van der Waals surface area contributed by atoms with Crippen LogP contribution in [0.5, 0.6) is 0 Å². The maximum atomic E-state index is 12.6. The van der Waals surface area contributed by atoms with Crippen molar-refractivity contribution in [3.8, 4) is 0 Å². The van der Waals surface area contributed by atoms with Crippen molar-refractivity contribution >= 4 is 33.3 Å². The number of fused-ring (bicyclic) bond motifs is 1. The predicted octanol–water partition coefficient (Wildman–Crippen LogP) is 2.40. The van der Waals surface area contributed by atoms with Crippen LogP contribution in [-0.4, -0.2) is 36.4 Å². The normalized spacial score (nSPS) is 11.8. The summed E-state index contributed by atoms with van der Waals surface area (Å²) in [5.74, 6) is 0.316. The highest BCUT2D eigenvalue weighted by Crippen LogP contribution is 2.22. The summed E-state index contributed by atoms with van der Waals surface area (Å²) in [6, 6.07) is 11.6. The van der Waals surface area contributed by atoms with Crippen LogP contribution in [0, 0.1) is 0 Å². The Kier molecular flexibility index (Phi) is 4.74. The summed E-state index contributed by atoms with van der Waals surface area (Å²) in [5, 5.41) is 5.11. The molecular formula is C15H16N4O3S2. The Balaban J connectivity index is 2.08. The topological polar surface area (TPSA) is 85.6 Å². The second-order valence-corrected chi connectivity index (χ2v) is 7.45. The van der Waals surface area contributed by atoms with Gasteiger partial charge in [0.05, 0.1) is 17.2 Å². The van der Waals surface area contributed by atoms with E-state index in [1.54, 1.807) is 37.4 Å². The average Bonchev–Trinajstić information content (AvgIpc) is 2.99. The van der Waals surface area contributed by atoms with Crippen molar-refractivity contribution in [1.29, 1.82) is 0 Å². The van der Waals surface area contributed by atoms with Gasteiger partial charge in [0.2, 0.25) is 0 Å². The Bertz CT molecular complexity index is 956. The van der Waals surface area contributed by atoms with Gasteiger partial charge in [-0.1, -0.05) is 18.2 Å². The molecule has 0 aliphatic heterocycles. The first-order valence-electron chi connectivity index (χ1n) is 7.04. The molecule has 0 spiro atoms. The van der Waals surface area contributed by atoms with Crippen LogP contribution in [0.15, 0.2) is 52.4 Å². The van der Waals surface area contributed by atoms with E-state index in [0.29, 0.717) is 17.2 Å². The fourth-order valence-electron chi connectivity index (χ4n) is 2.20. The fourth-order valence-corrected chi connectivity index (χ4v) is 3.64. The molecule has 9 heteroatoms. The number of hydrogen-bond acceptors (Lipinski definition) is 6. The third-order valence-electron chi connectivity index (χ3n) is 3.25. The first-order valence-corrected chi connectivity index (χ1v) is 9.75. The van der Waals surface area contributed by atoms with Crippen LogP contribution in [0.1, 0.15) is 5.69 Å². The lowest BCUT2D eigenvalue weighted by Crippen LogP contribution is -2.16. The lowest BCUT2D eigenvalue weighted by atomic mass is 10.4. The third kappa shape index (κ3) is 3.37. The lowest BCUT2D eigenvalue weighted by Gasteiger charge is -2.11. The molecule has 0 saturated carbocycles. The van der Waals surface area contributed by atoms with Crippen LogP contribution < -0.4 is 4.72 Å². The van der Waals surface area contributed by atoms with Crippen LogP contribution >= 0.6 is 11.8 Å². The fraction of sp³-hybridized carbons (Fsp3) is 0.200. The highest BCUT2D eigenvalue weighted by atomic mass is 32.2. The molecule has 24 heavy (non-hydrogen) atoms. The molecule has 0 fully saturated rings. The molecule has 0 saturated heterocycles. The van der Waals surface area contributed by atoms with E-state index in [4.69, 9.17) is 4.74 Å². The van der Waals surface area contributed by atoms with Gasteiger partial charge >= 0.3 is 0 Å². The number of nitrogens with one attached hydrogen (secondary N) is 1. The maximum Gasteiger partial charge on any atom is 0.263 e. The number of anilines is 1. The van der Waals surface area contributed by atoms with Crippen molar-refractivity contribution in [2.45, 2.75) is 16.5 Å². The monoisotopic (exact) mass is 364 g/mol. The van der Waals surface area contributed by atoms with Gasteiger partial charge in [0.25, 0.3) is 10.0 Å². The quantitative estimate of drug-likeness (QED) is 0.676. The minimum atomic E-state index is -3.72. The molecule has 3 aromatic rings. The molecule has 0 bridgehead atoms. The van der Waals surface area contributed by atoms with E-state index in [1.807, 2.05) is 6.26 Å². The number of benzene rings is 1. The second-order valence-electron chi connectivity index (χ2n) is 4.94. The van der Waals surface area contributed by atoms with Crippen LogP contribution in [0.25, 0.3) is 5.65 Å². The van der Waals surface area contributed by atoms with Crippen LogP contribution in [0.4, 0.5) is 5.82 Å². The highest BCUT2D eigenvalue weighted by Gasteiger charge is 2.17. The Morgan fingerprint density at radius 1 is 1.25 bits per heavy atom. The standard InChI is InChI=1S/C15H16N4O3S2/c1-22-10-11-8-14(19-13(16-11)9-15(17-19)23-2)18-24(20,21)12-6-4-3-5-7-12/h3-9,18H,10H2,1-2H3. The zero-order valence-electron chi connectivity index (χ0n) is 13.1. The van der Waals surface area contributed by atoms with Gasteiger partial charge in [-0.15, -0.1) is 11.8 Å². The van der Waals surface area contributed by atoms with Crippen molar-refractivity contribution in [3.05, 3.63) is 48.2 Å². The Hall–Kier alpha value is -2.10. The highest BCUT2D eigenvalue weighted by molar-refractivity contribution is 7.98. The minimum absolute atomic E-state index is 0.181. The lowest BCUT2D eigenvalue weighted by molar-refractivity contribution is 0.181. The third-order valence-corrected chi connectivity index (χ3v) is 5.24. The maximum absolute atomic E-state index is 12.6. The SMILES string of the molecule is COCc1cc(NS(=O)(=O)c2ccccc2)n2nc(SC)cc2n1. The van der Waals surface area contributed by atoms with Gasteiger partial charge < -0.3 is 4.74 Å². The van der Waals surface area contributed by atoms with E-state index in [1.165, 1.54) is 28.4 Å². The molecule has 1 N–H and O–H groups in total. The molecule has 2 heterocycles. The van der Waals surface area contributed by atoms with Gasteiger partial charge in [-0.2, -0.15) is 9.61 Å². The van der Waals surface area contributed by atoms with E-state index in [9.17, 15) is 8.42 Å². The van der Waals surface area contributed by atoms with E-state index < -0.39 is 10.0 Å². The van der Waals surface area contributed by atoms with Gasteiger partial charge in [-0.25, -0.2) is 13.4 Å². The molecule has 0 radical (unpaired) electrons. The second kappa shape index (κ2) is 6.80. The molecule has 1 aromatic carbocycles. The number of sulfonamides is 1. The molecule has 2 aromatic heterocycles. The molecule has 126 valence electrons. The largest absolute Gasteiger partial charge is 0.378 e. The van der Waals surface area contributed by atoms with E-state index in [-0.39, 0.29) is 11.5 Å². The number of thioether (sulfide) groups is 1. The van der Waals surface area contributed by atoms with Gasteiger partial charge in [-0.3, -0.25) is 4.72 Å². The van der Waals surface area contributed by atoms with Crippen LogP contribution in [-0.2, 0) is 21.4 Å². The van der Waals surface area contributed by atoms with E-state index >= 15 is 0 Å². The van der Waals surface area contributed by atoms with Crippen LogP contribution in [0.2, 0.25) is 0 Å². The van der Waals surface area contributed by atoms with Gasteiger partial charge in [0.1, 0.15) is 10.8 Å². The zero-order valence-corrected chi connectivity index (χ0v) is 14.8. The van der Waals surface area contributed by atoms with Gasteiger partial charge in [-0.05, 0) is 18.4 Å². The summed E-state index contributed by atoms with van der Waals surface area (Å²) < 4.78 is 34.3. The molecule has 0 aliphatic rings. The number of methoxy groups -OCH3 is 1. The predicted molar refractivity (Wildman–Crippen MR) is 92.7 cm³/mol. The number of nitrogens with zero attached hydrogens (tertiary/aromatic N) is 3. The molecule has 0 unspecified atom stereocenters. The summed E-state index contributed by atoms with van der Waals surface area (Å²) in [5.41, 5.74) is 1.17. The molecular weight excluding hydrogens is 348 g/mol. The Morgan fingerprint density at radius 3 is 2.67 bits per heavy atom. The number of ether oxygens (including phenoxy) is 1.